The van der Waals surface area contributed by atoms with Gasteiger partial charge in [-0.25, -0.2) is 0 Å². The molecule has 0 fully saturated rings. The quantitative estimate of drug-likeness (QED) is 0.614. The maximum Gasteiger partial charge on any atom is 0.179 e. The van der Waals surface area contributed by atoms with Crippen molar-refractivity contribution in [1.29, 1.82) is 0 Å². The molecule has 2 aromatic heterocycles. The summed E-state index contributed by atoms with van der Waals surface area (Å²) in [5, 5.41) is 0. The normalized spacial score (nSPS) is 10.8. The first-order valence-corrected chi connectivity index (χ1v) is 6.45. The summed E-state index contributed by atoms with van der Waals surface area (Å²) in [4.78, 5) is 11.7. The number of Topliss-reactive ketones (excluding diaryl/α,β-unsaturated/α-hetero) is 1. The van der Waals surface area contributed by atoms with Crippen molar-refractivity contribution in [2.24, 2.45) is 0 Å². The number of nitrogens with zero attached hydrogens (tertiary/aromatic N) is 1. The lowest BCUT2D eigenvalue weighted by Crippen LogP contribution is -2.07. The summed E-state index contributed by atoms with van der Waals surface area (Å²) in [7, 11) is 0. The van der Waals surface area contributed by atoms with Gasteiger partial charge in [0.25, 0.3) is 0 Å². The number of aromatic nitrogens is 1. The van der Waals surface area contributed by atoms with Crippen molar-refractivity contribution in [3.8, 4) is 0 Å². The van der Waals surface area contributed by atoms with E-state index in [1.54, 1.807) is 6.26 Å². The number of hydrogen-bond acceptors (Lipinski definition) is 2. The Hall–Kier alpha value is -1.48. The average molecular weight is 266 g/mol. The van der Waals surface area contributed by atoms with Crippen LogP contribution in [-0.4, -0.2) is 16.2 Å². The largest absolute Gasteiger partial charge is 0.469 e. The molecule has 4 heteroatoms. The van der Waals surface area contributed by atoms with E-state index >= 15 is 0 Å². The van der Waals surface area contributed by atoms with Gasteiger partial charge in [-0.15, -0.1) is 11.6 Å². The van der Waals surface area contributed by atoms with Crippen molar-refractivity contribution in [3.05, 3.63) is 47.2 Å². The predicted octanol–water partition coefficient (Wildman–Crippen LogP) is 3.36. The van der Waals surface area contributed by atoms with Crippen molar-refractivity contribution in [1.82, 2.24) is 4.57 Å². The van der Waals surface area contributed by atoms with Gasteiger partial charge in [0.05, 0.1) is 12.1 Å². The van der Waals surface area contributed by atoms with Gasteiger partial charge in [0.1, 0.15) is 5.76 Å². The summed E-state index contributed by atoms with van der Waals surface area (Å²) < 4.78 is 7.44. The number of alkyl halides is 1. The molecule has 0 aliphatic rings. The van der Waals surface area contributed by atoms with Crippen LogP contribution in [0.4, 0.5) is 0 Å². The first kappa shape index (κ1) is 13.0. The van der Waals surface area contributed by atoms with Crippen molar-refractivity contribution < 1.29 is 9.21 Å². The van der Waals surface area contributed by atoms with Gasteiger partial charge in [-0.3, -0.25) is 4.79 Å². The molecule has 0 aliphatic heterocycles. The van der Waals surface area contributed by atoms with E-state index in [4.69, 9.17) is 16.0 Å². The third-order valence-electron chi connectivity index (χ3n) is 3.16. The molecule has 0 atom stereocenters. The van der Waals surface area contributed by atoms with Crippen molar-refractivity contribution in [2.75, 3.05) is 5.88 Å². The van der Waals surface area contributed by atoms with Crippen LogP contribution < -0.4 is 0 Å². The number of furan rings is 1. The van der Waals surface area contributed by atoms with Crippen molar-refractivity contribution >= 4 is 17.4 Å². The van der Waals surface area contributed by atoms with E-state index in [2.05, 4.69) is 4.57 Å². The first-order valence-electron chi connectivity index (χ1n) is 5.91. The zero-order valence-electron chi connectivity index (χ0n) is 10.6. The summed E-state index contributed by atoms with van der Waals surface area (Å²) in [6.45, 7) is 4.76. The van der Waals surface area contributed by atoms with Crippen LogP contribution in [0.1, 0.15) is 27.5 Å². The maximum absolute atomic E-state index is 11.7. The molecule has 3 nitrogen and oxygen atoms in total. The molecule has 0 N–H and O–H groups in total. The number of aryl methyl sites for hydroxylation is 2. The van der Waals surface area contributed by atoms with Gasteiger partial charge in [0.2, 0.25) is 0 Å². The Kier molecular flexibility index (Phi) is 3.92. The smallest absolute Gasteiger partial charge is 0.179 e. The lowest BCUT2D eigenvalue weighted by molar-refractivity contribution is 0.102. The number of rotatable bonds is 5. The lowest BCUT2D eigenvalue weighted by Gasteiger charge is -2.08. The van der Waals surface area contributed by atoms with E-state index in [0.29, 0.717) is 0 Å². The SMILES string of the molecule is Cc1cc(C(=O)CCl)c(C)n1CCc1ccco1. The molecule has 0 aromatic carbocycles. The van der Waals surface area contributed by atoms with E-state index in [1.807, 2.05) is 32.0 Å². The number of carbonyl (C=O) groups is 1. The van der Waals surface area contributed by atoms with Gasteiger partial charge in [0.15, 0.2) is 5.78 Å². The van der Waals surface area contributed by atoms with Gasteiger partial charge in [-0.05, 0) is 32.0 Å². The molecule has 0 spiro atoms. The van der Waals surface area contributed by atoms with Crippen molar-refractivity contribution in [2.45, 2.75) is 26.8 Å². The van der Waals surface area contributed by atoms with Gasteiger partial charge >= 0.3 is 0 Å². The third-order valence-corrected chi connectivity index (χ3v) is 3.40. The summed E-state index contributed by atoms with van der Waals surface area (Å²) in [6, 6.07) is 5.74. The van der Waals surface area contributed by atoms with Crippen LogP contribution in [-0.2, 0) is 13.0 Å². The zero-order chi connectivity index (χ0) is 13.1. The fourth-order valence-electron chi connectivity index (χ4n) is 2.18. The Morgan fingerprint density at radius 3 is 2.83 bits per heavy atom. The molecule has 18 heavy (non-hydrogen) atoms. The Bertz CT molecular complexity index is 540. The van der Waals surface area contributed by atoms with Crippen LogP contribution in [0.3, 0.4) is 0 Å². The van der Waals surface area contributed by atoms with Crippen LogP contribution in [0.25, 0.3) is 0 Å². The second-order valence-electron chi connectivity index (χ2n) is 4.32. The molecule has 0 amide bonds. The van der Waals surface area contributed by atoms with Crippen LogP contribution >= 0.6 is 11.6 Å². The third kappa shape index (κ3) is 2.51. The average Bonchev–Trinajstić information content (AvgIpc) is 2.96. The molecule has 2 heterocycles. The number of ketones is 1. The monoisotopic (exact) mass is 265 g/mol. The Balaban J connectivity index is 2.18. The molecular weight excluding hydrogens is 250 g/mol. The van der Waals surface area contributed by atoms with Gasteiger partial charge in [0, 0.05) is 29.9 Å². The van der Waals surface area contributed by atoms with Gasteiger partial charge in [-0.2, -0.15) is 0 Å². The highest BCUT2D eigenvalue weighted by Gasteiger charge is 2.14. The van der Waals surface area contributed by atoms with Crippen LogP contribution in [0.5, 0.6) is 0 Å². The van der Waals surface area contributed by atoms with E-state index in [9.17, 15) is 4.79 Å². The van der Waals surface area contributed by atoms with Crippen LogP contribution in [0, 0.1) is 13.8 Å². The second-order valence-corrected chi connectivity index (χ2v) is 4.59. The van der Waals surface area contributed by atoms with E-state index in [0.717, 1.165) is 35.7 Å². The topological polar surface area (TPSA) is 35.1 Å². The van der Waals surface area contributed by atoms with E-state index < -0.39 is 0 Å². The Morgan fingerprint density at radius 1 is 1.44 bits per heavy atom. The zero-order valence-corrected chi connectivity index (χ0v) is 11.3. The van der Waals surface area contributed by atoms with Crippen LogP contribution in [0.15, 0.2) is 28.9 Å². The minimum atomic E-state index is -0.0194. The Labute approximate surface area is 111 Å². The Morgan fingerprint density at radius 2 is 2.22 bits per heavy atom. The molecule has 0 saturated heterocycles. The second kappa shape index (κ2) is 5.44. The van der Waals surface area contributed by atoms with Crippen molar-refractivity contribution in [3.63, 3.8) is 0 Å². The standard InChI is InChI=1S/C14H16ClNO2/c1-10-8-13(14(17)9-15)11(2)16(10)6-5-12-4-3-7-18-12/h3-4,7-8H,5-6,9H2,1-2H3. The van der Waals surface area contributed by atoms with E-state index in [1.165, 1.54) is 0 Å². The first-order chi connectivity index (χ1) is 8.63. The van der Waals surface area contributed by atoms with Gasteiger partial charge < -0.3 is 8.98 Å². The summed E-state index contributed by atoms with van der Waals surface area (Å²) in [6.07, 6.45) is 2.49. The minimum absolute atomic E-state index is 0.0194. The molecule has 96 valence electrons. The van der Waals surface area contributed by atoms with Gasteiger partial charge in [-0.1, -0.05) is 0 Å². The molecule has 0 aliphatic carbocycles. The highest BCUT2D eigenvalue weighted by molar-refractivity contribution is 6.30. The molecular formula is C14H16ClNO2. The molecule has 0 bridgehead atoms. The fourth-order valence-corrected chi connectivity index (χ4v) is 2.32. The summed E-state index contributed by atoms with van der Waals surface area (Å²) in [5.74, 6) is 0.962. The van der Waals surface area contributed by atoms with Crippen LogP contribution in [0.2, 0.25) is 0 Å². The summed E-state index contributed by atoms with van der Waals surface area (Å²) >= 11 is 5.60. The number of halogens is 1. The maximum atomic E-state index is 11.7. The number of carbonyl (C=O) groups excluding carboxylic acids is 1. The molecule has 0 saturated carbocycles. The summed E-state index contributed by atoms with van der Waals surface area (Å²) in [5.41, 5.74) is 2.78. The molecule has 0 unspecified atom stereocenters. The molecule has 2 rings (SSSR count). The highest BCUT2D eigenvalue weighted by Crippen LogP contribution is 2.17. The lowest BCUT2D eigenvalue weighted by atomic mass is 10.2. The highest BCUT2D eigenvalue weighted by atomic mass is 35.5. The molecule has 0 radical (unpaired) electrons. The fraction of sp³-hybridized carbons (Fsp3) is 0.357. The van der Waals surface area contributed by atoms with E-state index in [-0.39, 0.29) is 11.7 Å². The molecule has 2 aromatic rings. The predicted molar refractivity (Wildman–Crippen MR) is 71.4 cm³/mol. The minimum Gasteiger partial charge on any atom is -0.469 e. The number of hydrogen-bond donors (Lipinski definition) is 0.